The molecule has 0 amide bonds. The second-order valence-corrected chi connectivity index (χ2v) is 2.51. The lowest BCUT2D eigenvalue weighted by molar-refractivity contribution is -0.107. The van der Waals surface area contributed by atoms with E-state index in [9.17, 15) is 9.59 Å². The van der Waals surface area contributed by atoms with E-state index >= 15 is 0 Å². The van der Waals surface area contributed by atoms with Crippen LogP contribution in [0.3, 0.4) is 0 Å². The van der Waals surface area contributed by atoms with Gasteiger partial charge in [0.2, 0.25) is 0 Å². The Balaban J connectivity index is 2.44. The van der Waals surface area contributed by atoms with Gasteiger partial charge in [0.25, 0.3) is 0 Å². The van der Waals surface area contributed by atoms with Crippen LogP contribution >= 0.6 is 0 Å². The predicted molar refractivity (Wildman–Crippen MR) is 37.0 cm³/mol. The molecule has 56 valence electrons. The van der Waals surface area contributed by atoms with Crippen LogP contribution in [0, 0.1) is 0 Å². The Morgan fingerprint density at radius 2 is 1.55 bits per heavy atom. The predicted octanol–water partition coefficient (Wildman–Crippen LogP) is 0.0180. The van der Waals surface area contributed by atoms with E-state index in [1.54, 1.807) is 12.2 Å². The Hall–Kier alpha value is -1.22. The number of carbonyl (C=O) groups is 2. The number of rotatable bonds is 2. The van der Waals surface area contributed by atoms with E-state index in [4.69, 9.17) is 4.74 Å². The molecule has 3 heteroatoms. The van der Waals surface area contributed by atoms with Crippen LogP contribution < -0.4 is 0 Å². The smallest absolute Gasteiger partial charge is 0.149 e. The summed E-state index contributed by atoms with van der Waals surface area (Å²) >= 11 is 0. The Labute approximate surface area is 63.3 Å². The molecule has 0 spiro atoms. The highest BCUT2D eigenvalue weighted by atomic mass is 16.5. The van der Waals surface area contributed by atoms with Gasteiger partial charge in [-0.05, 0) is 0 Å². The van der Waals surface area contributed by atoms with Crippen molar-refractivity contribution in [2.24, 2.45) is 0 Å². The zero-order chi connectivity index (χ0) is 7.84. The lowest BCUT2D eigenvalue weighted by atomic mass is 9.99. The van der Waals surface area contributed by atoms with Gasteiger partial charge in [-0.2, -0.15) is 0 Å². The second kappa shape index (κ2) is 2.13. The van der Waals surface area contributed by atoms with Crippen molar-refractivity contribution >= 4 is 12.6 Å². The first-order chi connectivity index (χ1) is 5.36. The van der Waals surface area contributed by atoms with E-state index in [-0.39, 0.29) is 12.2 Å². The number of hydrogen-bond donors (Lipinski definition) is 0. The van der Waals surface area contributed by atoms with Crippen LogP contribution in [-0.4, -0.2) is 24.8 Å². The van der Waals surface area contributed by atoms with Crippen molar-refractivity contribution in [2.75, 3.05) is 0 Å². The number of carbonyl (C=O) groups excluding carboxylic acids is 2. The topological polar surface area (TPSA) is 43.4 Å². The third-order valence-corrected chi connectivity index (χ3v) is 1.95. The number of fused-ring (bicyclic) bond motifs is 2. The molecule has 2 aliphatic rings. The molecular formula is C8H6O3. The maximum atomic E-state index is 10.4. The number of ether oxygens (including phenoxy) is 1. The molecule has 0 saturated heterocycles. The number of aldehydes is 2. The Morgan fingerprint density at radius 1 is 1.09 bits per heavy atom. The van der Waals surface area contributed by atoms with Gasteiger partial charge >= 0.3 is 0 Å². The van der Waals surface area contributed by atoms with Gasteiger partial charge in [0.15, 0.2) is 0 Å². The first-order valence-electron chi connectivity index (χ1n) is 3.35. The zero-order valence-electron chi connectivity index (χ0n) is 5.69. The molecule has 2 atom stereocenters. The second-order valence-electron chi connectivity index (χ2n) is 2.51. The van der Waals surface area contributed by atoms with Gasteiger partial charge in [-0.25, -0.2) is 0 Å². The van der Waals surface area contributed by atoms with Crippen LogP contribution in [0.2, 0.25) is 0 Å². The van der Waals surface area contributed by atoms with E-state index in [0.29, 0.717) is 23.7 Å². The normalized spacial score (nSPS) is 33.1. The summed E-state index contributed by atoms with van der Waals surface area (Å²) in [5.41, 5.74) is 0.958. The van der Waals surface area contributed by atoms with Crippen LogP contribution in [0.5, 0.6) is 0 Å². The summed E-state index contributed by atoms with van der Waals surface area (Å²) in [6.07, 6.45) is 4.44. The Kier molecular flexibility index (Phi) is 1.26. The maximum absolute atomic E-state index is 10.4. The van der Waals surface area contributed by atoms with Gasteiger partial charge in [-0.3, -0.25) is 9.59 Å². The highest BCUT2D eigenvalue weighted by molar-refractivity contribution is 5.91. The quantitative estimate of drug-likeness (QED) is 0.411. The molecule has 0 radical (unpaired) electrons. The van der Waals surface area contributed by atoms with Gasteiger partial charge in [0.1, 0.15) is 24.8 Å². The summed E-state index contributed by atoms with van der Waals surface area (Å²) < 4.78 is 5.23. The lowest BCUT2D eigenvalue weighted by Gasteiger charge is -1.99. The summed E-state index contributed by atoms with van der Waals surface area (Å²) in [5, 5.41) is 0. The fourth-order valence-corrected chi connectivity index (χ4v) is 1.40. The zero-order valence-corrected chi connectivity index (χ0v) is 5.69. The Bertz CT molecular complexity index is 249. The van der Waals surface area contributed by atoms with Gasteiger partial charge in [-0.1, -0.05) is 12.2 Å². The first-order valence-corrected chi connectivity index (χ1v) is 3.35. The summed E-state index contributed by atoms with van der Waals surface area (Å²) in [7, 11) is 0. The molecule has 0 aromatic carbocycles. The highest BCUT2D eigenvalue weighted by Gasteiger charge is 2.35. The van der Waals surface area contributed by atoms with E-state index in [0.717, 1.165) is 0 Å². The molecular weight excluding hydrogens is 144 g/mol. The summed E-state index contributed by atoms with van der Waals surface area (Å²) in [5.74, 6) is 0. The molecule has 3 nitrogen and oxygen atoms in total. The fraction of sp³-hybridized carbons (Fsp3) is 0.250. The van der Waals surface area contributed by atoms with Gasteiger partial charge in [-0.15, -0.1) is 0 Å². The molecule has 2 heterocycles. The van der Waals surface area contributed by atoms with Crippen molar-refractivity contribution in [1.29, 1.82) is 0 Å². The molecule has 11 heavy (non-hydrogen) atoms. The SMILES string of the molecule is O=CC1=C(C=O)C2C=CC1O2. The van der Waals surface area contributed by atoms with Crippen molar-refractivity contribution in [2.45, 2.75) is 12.2 Å². The van der Waals surface area contributed by atoms with Crippen molar-refractivity contribution in [3.63, 3.8) is 0 Å². The minimum atomic E-state index is -0.266. The highest BCUT2D eigenvalue weighted by Crippen LogP contribution is 2.31. The molecule has 2 aliphatic heterocycles. The van der Waals surface area contributed by atoms with E-state index in [1.165, 1.54) is 0 Å². The first kappa shape index (κ1) is 6.49. The minimum absolute atomic E-state index is 0.266. The van der Waals surface area contributed by atoms with Crippen molar-refractivity contribution in [3.05, 3.63) is 23.3 Å². The fourth-order valence-electron chi connectivity index (χ4n) is 1.40. The molecule has 0 aliphatic carbocycles. The molecule has 0 saturated carbocycles. The minimum Gasteiger partial charge on any atom is -0.357 e. The molecule has 0 fully saturated rings. The van der Waals surface area contributed by atoms with Crippen LogP contribution in [0.15, 0.2) is 23.3 Å². The standard InChI is InChI=1S/C8H6O3/c9-3-5-6(4-10)8-2-1-7(5)11-8/h1-4,7-8H. The molecule has 2 rings (SSSR count). The van der Waals surface area contributed by atoms with Crippen LogP contribution in [-0.2, 0) is 14.3 Å². The third-order valence-electron chi connectivity index (χ3n) is 1.95. The summed E-state index contributed by atoms with van der Waals surface area (Å²) in [4.78, 5) is 20.9. The van der Waals surface area contributed by atoms with Gasteiger partial charge in [0.05, 0.1) is 0 Å². The van der Waals surface area contributed by atoms with Gasteiger partial charge < -0.3 is 4.74 Å². The lowest BCUT2D eigenvalue weighted by Crippen LogP contribution is -2.05. The van der Waals surface area contributed by atoms with E-state index in [2.05, 4.69) is 0 Å². The van der Waals surface area contributed by atoms with Crippen molar-refractivity contribution in [3.8, 4) is 0 Å². The summed E-state index contributed by atoms with van der Waals surface area (Å²) in [6.45, 7) is 0. The Morgan fingerprint density at radius 3 is 1.91 bits per heavy atom. The van der Waals surface area contributed by atoms with Crippen molar-refractivity contribution in [1.82, 2.24) is 0 Å². The average molecular weight is 150 g/mol. The molecule has 2 unspecified atom stereocenters. The molecule has 0 aromatic rings. The van der Waals surface area contributed by atoms with Crippen LogP contribution in [0.4, 0.5) is 0 Å². The summed E-state index contributed by atoms with van der Waals surface area (Å²) in [6, 6.07) is 0. The third kappa shape index (κ3) is 0.714. The van der Waals surface area contributed by atoms with E-state index in [1.807, 2.05) is 0 Å². The van der Waals surface area contributed by atoms with Crippen LogP contribution in [0.1, 0.15) is 0 Å². The van der Waals surface area contributed by atoms with Gasteiger partial charge in [0, 0.05) is 11.1 Å². The monoisotopic (exact) mass is 150 g/mol. The van der Waals surface area contributed by atoms with Crippen molar-refractivity contribution < 1.29 is 14.3 Å². The van der Waals surface area contributed by atoms with E-state index < -0.39 is 0 Å². The molecule has 0 aromatic heterocycles. The maximum Gasteiger partial charge on any atom is 0.149 e. The largest absolute Gasteiger partial charge is 0.357 e. The average Bonchev–Trinajstić information content (AvgIpc) is 2.60. The molecule has 0 N–H and O–H groups in total. The van der Waals surface area contributed by atoms with Crippen LogP contribution in [0.25, 0.3) is 0 Å². The molecule has 2 bridgehead atoms. The number of hydrogen-bond acceptors (Lipinski definition) is 3.